The molecule has 20 heavy (non-hydrogen) atoms. The number of nitriles is 1. The van der Waals surface area contributed by atoms with Crippen LogP contribution in [-0.4, -0.2) is 27.1 Å². The molecule has 6 heteroatoms. The van der Waals surface area contributed by atoms with E-state index in [0.29, 0.717) is 10.4 Å². The molecule has 1 aliphatic heterocycles. The highest BCUT2D eigenvalue weighted by Crippen LogP contribution is 2.34. The first-order valence-electron chi connectivity index (χ1n) is 6.48. The third-order valence-electron chi connectivity index (χ3n) is 3.60. The quantitative estimate of drug-likeness (QED) is 0.851. The van der Waals surface area contributed by atoms with E-state index in [1.54, 1.807) is 16.1 Å². The van der Waals surface area contributed by atoms with Gasteiger partial charge in [0, 0.05) is 25.4 Å². The van der Waals surface area contributed by atoms with Crippen LogP contribution >= 0.6 is 11.3 Å². The molecule has 1 fully saturated rings. The summed E-state index contributed by atoms with van der Waals surface area (Å²) in [6.45, 7) is 0.737. The van der Waals surface area contributed by atoms with Gasteiger partial charge in [-0.2, -0.15) is 10.4 Å². The Balaban J connectivity index is 1.89. The molecular formula is C14H14N4OS. The number of hydrogen-bond acceptors (Lipinski definition) is 4. The molecule has 1 amide bonds. The molecule has 0 spiro atoms. The lowest BCUT2D eigenvalue weighted by atomic mass is 10.1. The van der Waals surface area contributed by atoms with Crippen molar-refractivity contribution in [1.82, 2.24) is 14.7 Å². The Bertz CT molecular complexity index is 681. The summed E-state index contributed by atoms with van der Waals surface area (Å²) >= 11 is 1.34. The largest absolute Gasteiger partial charge is 0.331 e. The number of hydrogen-bond donors (Lipinski definition) is 0. The third kappa shape index (κ3) is 2.10. The van der Waals surface area contributed by atoms with E-state index in [-0.39, 0.29) is 11.9 Å². The molecule has 1 aliphatic rings. The normalized spacial score (nSPS) is 18.2. The van der Waals surface area contributed by atoms with Gasteiger partial charge in [-0.25, -0.2) is 0 Å². The van der Waals surface area contributed by atoms with Gasteiger partial charge in [0.05, 0.1) is 17.8 Å². The summed E-state index contributed by atoms with van der Waals surface area (Å²) in [7, 11) is 1.87. The summed E-state index contributed by atoms with van der Waals surface area (Å²) in [6, 6.07) is 3.86. The summed E-state index contributed by atoms with van der Waals surface area (Å²) in [5.41, 5.74) is 1.53. The lowest BCUT2D eigenvalue weighted by Crippen LogP contribution is -2.30. The molecule has 0 saturated carbocycles. The van der Waals surface area contributed by atoms with Gasteiger partial charge in [-0.3, -0.25) is 9.48 Å². The molecule has 1 saturated heterocycles. The average molecular weight is 286 g/mol. The van der Waals surface area contributed by atoms with Gasteiger partial charge in [-0.15, -0.1) is 11.3 Å². The Labute approximate surface area is 121 Å². The number of amides is 1. The van der Waals surface area contributed by atoms with Gasteiger partial charge in [-0.1, -0.05) is 0 Å². The smallest absolute Gasteiger partial charge is 0.265 e. The fraction of sp³-hybridized carbons (Fsp3) is 0.357. The van der Waals surface area contributed by atoms with Crippen molar-refractivity contribution in [3.8, 4) is 6.07 Å². The molecule has 3 rings (SSSR count). The summed E-state index contributed by atoms with van der Waals surface area (Å²) in [6.07, 6.45) is 5.70. The molecule has 0 aliphatic carbocycles. The van der Waals surface area contributed by atoms with Crippen LogP contribution in [0.2, 0.25) is 0 Å². The number of thiophene rings is 1. The summed E-state index contributed by atoms with van der Waals surface area (Å²) in [4.78, 5) is 15.0. The first-order valence-corrected chi connectivity index (χ1v) is 7.36. The Morgan fingerprint density at radius 1 is 1.60 bits per heavy atom. The lowest BCUT2D eigenvalue weighted by Gasteiger charge is -2.23. The third-order valence-corrected chi connectivity index (χ3v) is 4.51. The Morgan fingerprint density at radius 3 is 3.15 bits per heavy atom. The Hall–Kier alpha value is -2.13. The van der Waals surface area contributed by atoms with E-state index in [0.717, 1.165) is 24.9 Å². The van der Waals surface area contributed by atoms with Crippen LogP contribution in [0.1, 0.15) is 39.7 Å². The van der Waals surface area contributed by atoms with Crippen molar-refractivity contribution in [2.75, 3.05) is 6.54 Å². The minimum atomic E-state index is -0.0390. The predicted octanol–water partition coefficient (Wildman–Crippen LogP) is 2.33. The maximum Gasteiger partial charge on any atom is 0.265 e. The first kappa shape index (κ1) is 12.9. The predicted molar refractivity (Wildman–Crippen MR) is 75.3 cm³/mol. The van der Waals surface area contributed by atoms with Crippen LogP contribution in [0.5, 0.6) is 0 Å². The first-order chi connectivity index (χ1) is 9.70. The molecule has 2 aromatic rings. The maximum atomic E-state index is 12.6. The van der Waals surface area contributed by atoms with E-state index >= 15 is 0 Å². The van der Waals surface area contributed by atoms with Gasteiger partial charge in [0.15, 0.2) is 0 Å². The van der Waals surface area contributed by atoms with E-state index in [1.165, 1.54) is 11.3 Å². The molecule has 102 valence electrons. The molecule has 0 N–H and O–H groups in total. The topological polar surface area (TPSA) is 61.9 Å². The van der Waals surface area contributed by atoms with Gasteiger partial charge in [0.25, 0.3) is 5.91 Å². The minimum Gasteiger partial charge on any atom is -0.331 e. The number of carbonyl (C=O) groups excluding carboxylic acids is 1. The zero-order valence-electron chi connectivity index (χ0n) is 11.1. The molecule has 5 nitrogen and oxygen atoms in total. The van der Waals surface area contributed by atoms with Gasteiger partial charge in [0.2, 0.25) is 0 Å². The van der Waals surface area contributed by atoms with E-state index in [2.05, 4.69) is 11.2 Å². The van der Waals surface area contributed by atoms with Gasteiger partial charge < -0.3 is 4.90 Å². The number of rotatable bonds is 2. The van der Waals surface area contributed by atoms with Crippen molar-refractivity contribution < 1.29 is 4.79 Å². The van der Waals surface area contributed by atoms with E-state index in [9.17, 15) is 4.79 Å². The van der Waals surface area contributed by atoms with Crippen LogP contribution in [-0.2, 0) is 7.05 Å². The standard InChI is InChI=1S/C14H14N4OS/c1-17-9-11(8-16-17)12-3-2-5-18(12)14(19)13-10(7-15)4-6-20-13/h4,6,8-9,12H,2-3,5H2,1H3/t12-/m1/s1. The highest BCUT2D eigenvalue weighted by Gasteiger charge is 2.32. The maximum absolute atomic E-state index is 12.6. The van der Waals surface area contributed by atoms with Crippen molar-refractivity contribution in [3.63, 3.8) is 0 Å². The van der Waals surface area contributed by atoms with E-state index < -0.39 is 0 Å². The number of nitrogens with zero attached hydrogens (tertiary/aromatic N) is 4. The second-order valence-electron chi connectivity index (χ2n) is 4.88. The van der Waals surface area contributed by atoms with Crippen molar-refractivity contribution in [2.45, 2.75) is 18.9 Å². The zero-order chi connectivity index (χ0) is 14.1. The second-order valence-corrected chi connectivity index (χ2v) is 5.80. The highest BCUT2D eigenvalue weighted by atomic mass is 32.1. The van der Waals surface area contributed by atoms with Gasteiger partial charge in [-0.05, 0) is 24.3 Å². The summed E-state index contributed by atoms with van der Waals surface area (Å²) in [5, 5.41) is 15.0. The van der Waals surface area contributed by atoms with Gasteiger partial charge in [0.1, 0.15) is 10.9 Å². The molecular weight excluding hydrogens is 272 g/mol. The van der Waals surface area contributed by atoms with Crippen LogP contribution in [0, 0.1) is 11.3 Å². The van der Waals surface area contributed by atoms with Crippen LogP contribution in [0.4, 0.5) is 0 Å². The van der Waals surface area contributed by atoms with Crippen molar-refractivity contribution in [2.24, 2.45) is 7.05 Å². The monoisotopic (exact) mass is 286 g/mol. The Kier molecular flexibility index (Phi) is 3.28. The van der Waals surface area contributed by atoms with Crippen LogP contribution in [0.25, 0.3) is 0 Å². The van der Waals surface area contributed by atoms with E-state index in [4.69, 9.17) is 5.26 Å². The molecule has 0 aromatic carbocycles. The number of aryl methyl sites for hydroxylation is 1. The number of likely N-dealkylation sites (tertiary alicyclic amines) is 1. The number of aromatic nitrogens is 2. The highest BCUT2D eigenvalue weighted by molar-refractivity contribution is 7.12. The fourth-order valence-electron chi connectivity index (χ4n) is 2.66. The SMILES string of the molecule is Cn1cc([C@H]2CCCN2C(=O)c2sccc2C#N)cn1. The minimum absolute atomic E-state index is 0.0390. The summed E-state index contributed by atoms with van der Waals surface area (Å²) in [5.74, 6) is -0.0390. The molecule has 0 unspecified atom stereocenters. The molecule has 3 heterocycles. The Morgan fingerprint density at radius 2 is 2.45 bits per heavy atom. The molecule has 2 aromatic heterocycles. The van der Waals surface area contributed by atoms with Crippen molar-refractivity contribution in [1.29, 1.82) is 5.26 Å². The van der Waals surface area contributed by atoms with Crippen molar-refractivity contribution in [3.05, 3.63) is 39.8 Å². The molecule has 0 bridgehead atoms. The van der Waals surface area contributed by atoms with Crippen LogP contribution in [0.15, 0.2) is 23.8 Å². The number of carbonyl (C=O) groups is 1. The molecule has 1 atom stereocenters. The summed E-state index contributed by atoms with van der Waals surface area (Å²) < 4.78 is 1.75. The van der Waals surface area contributed by atoms with Crippen molar-refractivity contribution >= 4 is 17.2 Å². The van der Waals surface area contributed by atoms with E-state index in [1.807, 2.05) is 24.3 Å². The van der Waals surface area contributed by atoms with Crippen LogP contribution in [0.3, 0.4) is 0 Å². The average Bonchev–Trinajstić information content (AvgIpc) is 3.17. The lowest BCUT2D eigenvalue weighted by molar-refractivity contribution is 0.0740. The zero-order valence-corrected chi connectivity index (χ0v) is 11.9. The fourth-order valence-corrected chi connectivity index (χ4v) is 3.46. The second kappa shape index (κ2) is 5.10. The molecule has 0 radical (unpaired) electrons. The van der Waals surface area contributed by atoms with Crippen LogP contribution < -0.4 is 0 Å². The van der Waals surface area contributed by atoms with Gasteiger partial charge >= 0.3 is 0 Å².